The van der Waals surface area contributed by atoms with Crippen LogP contribution in [0.3, 0.4) is 0 Å². The molecule has 2 aromatic rings. The molecule has 0 amide bonds. The molecule has 11 heteroatoms. The predicted molar refractivity (Wildman–Crippen MR) is 86.3 cm³/mol. The van der Waals surface area contributed by atoms with E-state index in [2.05, 4.69) is 0 Å². The van der Waals surface area contributed by atoms with E-state index in [4.69, 9.17) is 11.6 Å². The summed E-state index contributed by atoms with van der Waals surface area (Å²) in [4.78, 5) is -1.13. The van der Waals surface area contributed by atoms with Crippen LogP contribution in [0.2, 0.25) is 5.02 Å². The van der Waals surface area contributed by atoms with Crippen LogP contribution >= 0.6 is 34.2 Å². The molecule has 130 valence electrons. The third-order valence-electron chi connectivity index (χ3n) is 2.82. The molecule has 0 atom stereocenters. The molecule has 0 unspecified atom stereocenters. The van der Waals surface area contributed by atoms with Gasteiger partial charge in [-0.1, -0.05) is 11.6 Å². The van der Waals surface area contributed by atoms with E-state index in [-0.39, 0.29) is 5.02 Å². The molecular weight excluding hydrogens is 492 g/mol. The molecule has 0 aliphatic carbocycles. The van der Waals surface area contributed by atoms with E-state index in [1.54, 1.807) is 4.72 Å². The number of rotatable bonds is 3. The highest BCUT2D eigenvalue weighted by Crippen LogP contribution is 2.36. The average molecular weight is 498 g/mol. The van der Waals surface area contributed by atoms with E-state index in [1.807, 2.05) is 0 Å². The molecular formula is C13H6ClF5INO2S. The Morgan fingerprint density at radius 3 is 2.29 bits per heavy atom. The summed E-state index contributed by atoms with van der Waals surface area (Å²) >= 11 is 6.78. The molecule has 0 aliphatic heterocycles. The summed E-state index contributed by atoms with van der Waals surface area (Å²) < 4.78 is 91.7. The van der Waals surface area contributed by atoms with E-state index >= 15 is 0 Å². The first-order valence-corrected chi connectivity index (χ1v) is 8.90. The fourth-order valence-electron chi connectivity index (χ4n) is 1.76. The van der Waals surface area contributed by atoms with Crippen LogP contribution < -0.4 is 4.72 Å². The second kappa shape index (κ2) is 6.64. The maximum absolute atomic E-state index is 13.9. The Bertz CT molecular complexity index is 902. The number of sulfonamides is 1. The Balaban J connectivity index is 2.55. The molecule has 0 bridgehead atoms. The summed E-state index contributed by atoms with van der Waals surface area (Å²) in [5, 5.41) is -0.316. The van der Waals surface area contributed by atoms with Gasteiger partial charge < -0.3 is 0 Å². The molecule has 3 nitrogen and oxygen atoms in total. The van der Waals surface area contributed by atoms with Gasteiger partial charge in [0.05, 0.1) is 19.7 Å². The standard InChI is InChI=1S/C13H6ClF5INO2S/c14-6-1-4-10(7(5-6)13(17,18)19)24(22,23)21-9-3-2-8(15)12(20)11(9)16/h1-5,21H. The summed E-state index contributed by atoms with van der Waals surface area (Å²) in [6.45, 7) is 0. The quantitative estimate of drug-likeness (QED) is 0.367. The summed E-state index contributed by atoms with van der Waals surface area (Å²) in [5.74, 6) is -2.17. The van der Waals surface area contributed by atoms with E-state index in [0.717, 1.165) is 18.2 Å². The van der Waals surface area contributed by atoms with E-state index in [9.17, 15) is 30.4 Å². The SMILES string of the molecule is O=S(=O)(Nc1ccc(F)c(I)c1F)c1ccc(Cl)cc1C(F)(F)F. The normalized spacial score (nSPS) is 12.3. The van der Waals surface area contributed by atoms with Crippen LogP contribution in [0.15, 0.2) is 35.2 Å². The highest BCUT2D eigenvalue weighted by molar-refractivity contribution is 14.1. The second-order valence-electron chi connectivity index (χ2n) is 4.47. The molecule has 2 rings (SSSR count). The molecule has 0 fully saturated rings. The van der Waals surface area contributed by atoms with Crippen molar-refractivity contribution in [3.63, 3.8) is 0 Å². The van der Waals surface area contributed by atoms with Crippen molar-refractivity contribution in [2.24, 2.45) is 0 Å². The van der Waals surface area contributed by atoms with Crippen molar-refractivity contribution in [1.82, 2.24) is 0 Å². The number of halogens is 7. The Labute approximate surface area is 152 Å². The Morgan fingerprint density at radius 1 is 1.08 bits per heavy atom. The van der Waals surface area contributed by atoms with Crippen molar-refractivity contribution in [3.05, 3.63) is 56.1 Å². The highest BCUT2D eigenvalue weighted by Gasteiger charge is 2.37. The number of benzene rings is 2. The van der Waals surface area contributed by atoms with Crippen LogP contribution in [0.5, 0.6) is 0 Å². The van der Waals surface area contributed by atoms with Crippen molar-refractivity contribution in [2.45, 2.75) is 11.1 Å². The van der Waals surface area contributed by atoms with Gasteiger partial charge in [-0.25, -0.2) is 17.2 Å². The second-order valence-corrected chi connectivity index (χ2v) is 7.63. The molecule has 2 aromatic carbocycles. The third-order valence-corrected chi connectivity index (χ3v) is 5.46. The van der Waals surface area contributed by atoms with Crippen LogP contribution in [0.1, 0.15) is 5.56 Å². The van der Waals surface area contributed by atoms with Gasteiger partial charge in [0.2, 0.25) is 0 Å². The molecule has 0 saturated carbocycles. The van der Waals surface area contributed by atoms with Gasteiger partial charge in [-0.2, -0.15) is 13.2 Å². The van der Waals surface area contributed by atoms with Gasteiger partial charge in [0.1, 0.15) is 5.82 Å². The van der Waals surface area contributed by atoms with Gasteiger partial charge in [0, 0.05) is 5.02 Å². The van der Waals surface area contributed by atoms with Gasteiger partial charge in [0.25, 0.3) is 10.0 Å². The zero-order valence-electron chi connectivity index (χ0n) is 11.3. The van der Waals surface area contributed by atoms with Crippen molar-refractivity contribution < 1.29 is 30.4 Å². The lowest BCUT2D eigenvalue weighted by Crippen LogP contribution is -2.19. The first kappa shape index (κ1) is 19.2. The number of nitrogens with one attached hydrogen (secondary N) is 1. The van der Waals surface area contributed by atoms with Crippen LogP contribution in [0.4, 0.5) is 27.6 Å². The number of hydrogen-bond acceptors (Lipinski definition) is 2. The van der Waals surface area contributed by atoms with E-state index < -0.39 is 47.6 Å². The van der Waals surface area contributed by atoms with Crippen molar-refractivity contribution in [3.8, 4) is 0 Å². The molecule has 0 radical (unpaired) electrons. The number of anilines is 1. The maximum Gasteiger partial charge on any atom is 0.417 e. The fraction of sp³-hybridized carbons (Fsp3) is 0.0769. The van der Waals surface area contributed by atoms with Gasteiger partial charge >= 0.3 is 6.18 Å². The summed E-state index contributed by atoms with van der Waals surface area (Å²) in [5.41, 5.74) is -2.18. The smallest absolute Gasteiger partial charge is 0.277 e. The Kier molecular flexibility index (Phi) is 5.31. The minimum absolute atomic E-state index is 0.316. The molecule has 0 spiro atoms. The van der Waals surface area contributed by atoms with E-state index in [0.29, 0.717) is 12.1 Å². The lowest BCUT2D eigenvalue weighted by Gasteiger charge is -2.15. The molecule has 0 heterocycles. The van der Waals surface area contributed by atoms with Gasteiger partial charge in [-0.05, 0) is 52.9 Å². The van der Waals surface area contributed by atoms with E-state index in [1.165, 1.54) is 22.6 Å². The van der Waals surface area contributed by atoms with Crippen LogP contribution in [0, 0.1) is 15.2 Å². The topological polar surface area (TPSA) is 46.2 Å². The lowest BCUT2D eigenvalue weighted by molar-refractivity contribution is -0.139. The van der Waals surface area contributed by atoms with Gasteiger partial charge in [-0.3, -0.25) is 4.72 Å². The minimum Gasteiger partial charge on any atom is -0.277 e. The van der Waals surface area contributed by atoms with Gasteiger partial charge in [0.15, 0.2) is 5.82 Å². The lowest BCUT2D eigenvalue weighted by atomic mass is 10.2. The molecule has 24 heavy (non-hydrogen) atoms. The average Bonchev–Trinajstić information content (AvgIpc) is 2.46. The predicted octanol–water partition coefficient (Wildman–Crippen LogP) is 5.04. The van der Waals surface area contributed by atoms with Crippen molar-refractivity contribution >= 4 is 49.9 Å². The Morgan fingerprint density at radius 2 is 1.71 bits per heavy atom. The highest BCUT2D eigenvalue weighted by atomic mass is 127. The molecule has 1 N–H and O–H groups in total. The fourth-order valence-corrected chi connectivity index (χ4v) is 3.67. The summed E-state index contributed by atoms with van der Waals surface area (Å²) in [6, 6.07) is 3.61. The zero-order valence-corrected chi connectivity index (χ0v) is 15.0. The number of hydrogen-bond donors (Lipinski definition) is 1. The molecule has 0 aromatic heterocycles. The van der Waals surface area contributed by atoms with Crippen LogP contribution in [-0.2, 0) is 16.2 Å². The molecule has 0 aliphatic rings. The first-order valence-electron chi connectivity index (χ1n) is 5.96. The zero-order chi connectivity index (χ0) is 18.3. The summed E-state index contributed by atoms with van der Waals surface area (Å²) in [7, 11) is -4.79. The van der Waals surface area contributed by atoms with Gasteiger partial charge in [-0.15, -0.1) is 0 Å². The number of alkyl halides is 3. The maximum atomic E-state index is 13.9. The third kappa shape index (κ3) is 3.91. The molecule has 0 saturated heterocycles. The van der Waals surface area contributed by atoms with Crippen LogP contribution in [0.25, 0.3) is 0 Å². The van der Waals surface area contributed by atoms with Crippen LogP contribution in [-0.4, -0.2) is 8.42 Å². The minimum atomic E-state index is -5.00. The Hall–Kier alpha value is -1.14. The first-order chi connectivity index (χ1) is 10.9. The monoisotopic (exact) mass is 497 g/mol. The van der Waals surface area contributed by atoms with Crippen molar-refractivity contribution in [2.75, 3.05) is 4.72 Å². The summed E-state index contributed by atoms with van der Waals surface area (Å²) in [6.07, 6.45) is -5.00. The largest absolute Gasteiger partial charge is 0.417 e. The van der Waals surface area contributed by atoms with Crippen molar-refractivity contribution in [1.29, 1.82) is 0 Å².